The first-order chi connectivity index (χ1) is 55.0. The maximum absolute atomic E-state index is 8.40. The smallest absolute Gasteiger partial charge is 0.316 e. The number of aromatic nitrogens is 2. The quantitative estimate of drug-likeness (QED) is 0.0376. The zero-order chi connectivity index (χ0) is 85.1. The number of thiophene rings is 3. The maximum Gasteiger partial charge on any atom is 0.316 e. The van der Waals surface area contributed by atoms with E-state index in [2.05, 4.69) is 171 Å². The Labute approximate surface area is 799 Å². The predicted molar refractivity (Wildman–Crippen MR) is 491 cm³/mol. The molecule has 0 spiro atoms. The number of carbonyl (C=O) groups excluding carboxylic acids is 5. The molecule has 19 nitrogen and oxygen atoms in total. The van der Waals surface area contributed by atoms with Crippen molar-refractivity contribution < 1.29 is 160 Å². The number of hydrogen-bond donors (Lipinski definition) is 5. The Morgan fingerprint density at radius 2 is 0.769 bits per heavy atom. The summed E-state index contributed by atoms with van der Waals surface area (Å²) in [6, 6.07) is 47.6. The van der Waals surface area contributed by atoms with Gasteiger partial charge >= 0.3 is 28.9 Å². The van der Waals surface area contributed by atoms with Crippen LogP contribution in [0, 0.1) is 46.7 Å². The summed E-state index contributed by atoms with van der Waals surface area (Å²) in [5, 5.41) is 47.1. The van der Waals surface area contributed by atoms with E-state index in [0.717, 1.165) is 90.9 Å². The number of aliphatic hydroxyl groups is 5. The van der Waals surface area contributed by atoms with E-state index in [4.69, 9.17) is 74.0 Å². The van der Waals surface area contributed by atoms with E-state index in [9.17, 15) is 0 Å². The summed E-state index contributed by atoms with van der Waals surface area (Å²) in [4.78, 5) is 76.2. The van der Waals surface area contributed by atoms with Gasteiger partial charge < -0.3 is 60.0 Å². The first-order valence-corrected chi connectivity index (χ1v) is 42.4. The van der Waals surface area contributed by atoms with Gasteiger partial charge in [-0.3, -0.25) is 33.9 Å². The third-order valence-electron chi connectivity index (χ3n) is 17.1. The zero-order valence-electron chi connectivity index (χ0n) is 71.0. The third-order valence-corrected chi connectivity index (χ3v) is 21.8. The van der Waals surface area contributed by atoms with Crippen molar-refractivity contribution in [2.75, 3.05) is 45.9 Å². The molecule has 5 aliphatic rings. The Hall–Kier alpha value is -6.99. The standard InChI is InChI=1S/C19H18NS.C15H16NS.C14H15N2S.C12H10NOS.C7H7N2OS.5C5H8O2.5Ir/c1-19(2)10-5-11-20-18(19)13-8-9-17-15(12-13)14-6-3-4-7-16(14)21-17;1-15(2)8-5-9-16-14(15)13-10-11-6-3-4-7-12(11)17-13;1-14(2)6-3-7-15-13(14)10-4-5-12-11(8-10)16-9-17-12;1-2-5-10-9(4-1)8-11(15-10)12-13-6-3-7-14-12;1-2-9-7(10-3-1)6-4-8-5-11-6;5*1-4(6)3-5(2)7;;;;;/h3-4,6-7,9,12H,5,10-11H2,1-2H3;3-4,6-7H,5,8-9H2,1-2H3;5,8-9H,3,6-7H2,1-2H3;1-2,4-5H,3,6-7H2;5H,1-3H2;5*3,6H,1-2H3;;;;;/q5*-1;;;;;;;;;;/p+5. The molecule has 0 bridgehead atoms. The molecule has 0 saturated heterocycles. The van der Waals surface area contributed by atoms with E-state index in [1.165, 1.54) is 217 Å². The van der Waals surface area contributed by atoms with Gasteiger partial charge in [-0.2, -0.15) is 22.7 Å². The normalized spacial score (nSPS) is 15.4. The van der Waals surface area contributed by atoms with Crippen LogP contribution < -0.4 is 0 Å². The minimum atomic E-state index is 0. The monoisotopic (exact) mass is 2630 g/mol. The van der Waals surface area contributed by atoms with Crippen molar-refractivity contribution in [3.05, 3.63) is 223 Å². The fourth-order valence-electron chi connectivity index (χ4n) is 12.2. The van der Waals surface area contributed by atoms with Crippen LogP contribution in [-0.4, -0.2) is 163 Å². The predicted octanol–water partition coefficient (Wildman–Crippen LogP) is 22.5. The van der Waals surface area contributed by atoms with Gasteiger partial charge in [-0.1, -0.05) is 95.6 Å². The molecule has 10 aromatic rings. The number of aliphatic imine (C=N–C) groups is 5. The number of ether oxygens (including phenoxy) is 2. The van der Waals surface area contributed by atoms with Gasteiger partial charge in [-0.05, 0) is 175 Å². The number of benzene rings is 5. The van der Waals surface area contributed by atoms with E-state index >= 15 is 0 Å². The Bertz CT molecular complexity index is 5030. The summed E-state index contributed by atoms with van der Waals surface area (Å²) in [6.07, 6.45) is 18.5. The molecule has 5 aliphatic heterocycles. The second kappa shape index (κ2) is 56.8. The fourth-order valence-corrected chi connectivity index (χ4v) is 16.6. The minimum absolute atomic E-state index is 0. The number of thiazole rings is 2. The summed E-state index contributed by atoms with van der Waals surface area (Å²) in [5.74, 6) is 2.72. The SMILES string of the molecule is CC(=[OH+])C=C(C)O.CC(=[OH+])C=C(C)O.CC(=[OH+])C=C(C)O.CC(=[OH+])C=C(C)O.CC(=[OH+])C=C(C)O.CC1(C)CCCN=C1c1[c-]c2ccccc2s1.CC1(C)CCCN=C1c1[c-]cc2sc3ccccc3c2c1.CC1(C)CCCN=C1c1[c-]cc2scnc2c1.[Ir].[Ir].[Ir].[Ir].[Ir].[c-]1c(C2=NCCCO2)sc2ccccc12.[c-]1ncsc1C1=NCCCO1. The van der Waals surface area contributed by atoms with Crippen LogP contribution in [0.25, 0.3) is 50.6 Å². The molecule has 0 unspecified atom stereocenters. The molecule has 0 aliphatic carbocycles. The first kappa shape index (κ1) is 112. The molecule has 121 heavy (non-hydrogen) atoms. The van der Waals surface area contributed by atoms with Crippen LogP contribution in [0.5, 0.6) is 0 Å². The number of rotatable bonds is 10. The molecule has 0 fully saturated rings. The Morgan fingerprint density at radius 1 is 0.397 bits per heavy atom. The van der Waals surface area contributed by atoms with Gasteiger partial charge in [0.2, 0.25) is 0 Å². The van der Waals surface area contributed by atoms with Crippen molar-refractivity contribution in [1.82, 2.24) is 9.97 Å². The number of allylic oxidation sites excluding steroid dienone is 10. The minimum Gasteiger partial charge on any atom is -0.533 e. The van der Waals surface area contributed by atoms with E-state index in [1.54, 1.807) is 28.2 Å². The Morgan fingerprint density at radius 3 is 1.15 bits per heavy atom. The molecule has 29 heteroatoms. The van der Waals surface area contributed by atoms with E-state index in [1.807, 2.05) is 46.4 Å². The van der Waals surface area contributed by atoms with Crippen molar-refractivity contribution in [2.45, 2.75) is 162 Å². The molecule has 0 amide bonds. The maximum atomic E-state index is 8.40. The number of aliphatic hydroxyl groups excluding tert-OH is 5. The van der Waals surface area contributed by atoms with Crippen molar-refractivity contribution in [3.8, 4) is 0 Å². The van der Waals surface area contributed by atoms with Gasteiger partial charge in [0.1, 0.15) is 11.8 Å². The summed E-state index contributed by atoms with van der Waals surface area (Å²) in [7, 11) is 0. The van der Waals surface area contributed by atoms with Crippen LogP contribution in [0.3, 0.4) is 0 Å². The molecule has 10 heterocycles. The van der Waals surface area contributed by atoms with Crippen LogP contribution in [0.2, 0.25) is 0 Å². The molecular weight excluding hydrogens is 2520 g/mol. The topological polar surface area (TPSA) is 314 Å². The van der Waals surface area contributed by atoms with Crippen molar-refractivity contribution in [3.63, 3.8) is 0 Å². The Kier molecular flexibility index (Phi) is 52.6. The fraction of sp³-hybridized carbons (Fsp3) is 0.370. The largest absolute Gasteiger partial charge is 0.533 e. The molecule has 661 valence electrons. The van der Waals surface area contributed by atoms with E-state index in [0.29, 0.717) is 5.90 Å². The van der Waals surface area contributed by atoms with E-state index in [-0.39, 0.29) is 174 Å². The van der Waals surface area contributed by atoms with Gasteiger partial charge in [0.25, 0.3) is 0 Å². The van der Waals surface area contributed by atoms with Crippen LogP contribution in [0.1, 0.15) is 188 Å². The zero-order valence-corrected chi connectivity index (χ0v) is 87.1. The average molecular weight is 2630 g/mol. The second-order valence-electron chi connectivity index (χ2n) is 29.6. The van der Waals surface area contributed by atoms with Crippen molar-refractivity contribution >= 4 is 165 Å². The second-order valence-corrected chi connectivity index (χ2v) is 34.6. The number of ketones is 5. The molecule has 5 aromatic carbocycles. The van der Waals surface area contributed by atoms with Gasteiger partial charge in [0.15, 0.2) is 0 Å². The molecule has 0 saturated carbocycles. The average Bonchev–Trinajstić information content (AvgIpc) is 1.63. The first-order valence-electron chi connectivity index (χ1n) is 38.2. The summed E-state index contributed by atoms with van der Waals surface area (Å²) in [6.45, 7) is 34.9. The number of hydrogen-bond acceptors (Lipinski definition) is 19. The molecule has 0 atom stereocenters. The van der Waals surface area contributed by atoms with Crippen LogP contribution in [0.15, 0.2) is 192 Å². The molecule has 5 radical (unpaired) electrons. The van der Waals surface area contributed by atoms with Gasteiger partial charge in [-0.15, -0.1) is 94.7 Å². The van der Waals surface area contributed by atoms with Crippen LogP contribution >= 0.6 is 56.7 Å². The number of nitrogens with zero attached hydrogens (tertiary/aromatic N) is 7. The summed E-state index contributed by atoms with van der Waals surface area (Å²) in [5.41, 5.74) is 11.2. The summed E-state index contributed by atoms with van der Waals surface area (Å²) < 4.78 is 17.2. The molecule has 5 aromatic heterocycles. The number of fused-ring (bicyclic) bond motifs is 6. The van der Waals surface area contributed by atoms with Gasteiger partial charge in [0.05, 0.1) is 113 Å². The van der Waals surface area contributed by atoms with Crippen molar-refractivity contribution in [2.24, 2.45) is 41.2 Å². The van der Waals surface area contributed by atoms with Crippen molar-refractivity contribution in [1.29, 1.82) is 0 Å². The summed E-state index contributed by atoms with van der Waals surface area (Å²) >= 11 is 8.53. The molecule has 10 N–H and O–H groups in total. The van der Waals surface area contributed by atoms with Gasteiger partial charge in [0, 0.05) is 138 Å². The van der Waals surface area contributed by atoms with Gasteiger partial charge in [-0.25, -0.2) is 34.0 Å². The van der Waals surface area contributed by atoms with Crippen LogP contribution in [0.4, 0.5) is 0 Å². The third kappa shape index (κ3) is 39.8. The Balaban J connectivity index is 0.000000688. The molecular formula is C92H111Ir5N7O12S5. The molecule has 15 rings (SSSR count). The van der Waals surface area contributed by atoms with Crippen LogP contribution in [-0.2, 0) is 110 Å². The van der Waals surface area contributed by atoms with E-state index < -0.39 is 0 Å².